The van der Waals surface area contributed by atoms with Crippen molar-refractivity contribution in [2.75, 3.05) is 33.7 Å². The first-order valence-corrected chi connectivity index (χ1v) is 7.05. The van der Waals surface area contributed by atoms with Crippen LogP contribution >= 0.6 is 0 Å². The largest absolute Gasteiger partial charge is 0.309 e. The van der Waals surface area contributed by atoms with E-state index in [1.54, 1.807) is 0 Å². The summed E-state index contributed by atoms with van der Waals surface area (Å²) in [4.78, 5) is 16.2. The minimum Gasteiger partial charge on any atom is -0.309 e. The number of ketones is 1. The van der Waals surface area contributed by atoms with Crippen molar-refractivity contribution in [2.45, 2.75) is 44.6 Å². The zero-order chi connectivity index (χ0) is 12.3. The van der Waals surface area contributed by atoms with Crippen LogP contribution in [0.1, 0.15) is 38.5 Å². The number of likely N-dealkylation sites (tertiary alicyclic amines) is 1. The molecular formula is C14H26N2O. The van der Waals surface area contributed by atoms with Crippen LogP contribution in [0.25, 0.3) is 0 Å². The standard InChI is InChI=1S/C14H26N2O/c1-15(2)10-12-5-7-13(8-6-12)16-9-3-4-14(17)11-16/h12-13H,3-11H2,1-2H3. The molecule has 17 heavy (non-hydrogen) atoms. The molecule has 0 bridgehead atoms. The number of carbonyl (C=O) groups is 1. The molecule has 1 aliphatic heterocycles. The van der Waals surface area contributed by atoms with Gasteiger partial charge in [-0.2, -0.15) is 0 Å². The van der Waals surface area contributed by atoms with Gasteiger partial charge in [0.15, 0.2) is 0 Å². The van der Waals surface area contributed by atoms with E-state index in [9.17, 15) is 4.79 Å². The number of hydrogen-bond acceptors (Lipinski definition) is 3. The minimum atomic E-state index is 0.451. The van der Waals surface area contributed by atoms with E-state index in [0.717, 1.165) is 31.8 Å². The smallest absolute Gasteiger partial charge is 0.146 e. The van der Waals surface area contributed by atoms with Gasteiger partial charge in [-0.15, -0.1) is 0 Å². The van der Waals surface area contributed by atoms with Crippen molar-refractivity contribution < 1.29 is 4.79 Å². The van der Waals surface area contributed by atoms with Gasteiger partial charge in [0.2, 0.25) is 0 Å². The molecule has 1 aliphatic carbocycles. The molecule has 0 aromatic rings. The van der Waals surface area contributed by atoms with Crippen LogP contribution in [-0.2, 0) is 4.79 Å². The predicted molar refractivity (Wildman–Crippen MR) is 70.1 cm³/mol. The topological polar surface area (TPSA) is 23.6 Å². The average Bonchev–Trinajstić information content (AvgIpc) is 2.29. The summed E-state index contributed by atoms with van der Waals surface area (Å²) < 4.78 is 0. The fraction of sp³-hybridized carbons (Fsp3) is 0.929. The van der Waals surface area contributed by atoms with E-state index < -0.39 is 0 Å². The number of hydrogen-bond donors (Lipinski definition) is 0. The molecular weight excluding hydrogens is 212 g/mol. The lowest BCUT2D eigenvalue weighted by Gasteiger charge is -2.38. The first-order valence-electron chi connectivity index (χ1n) is 7.05. The number of rotatable bonds is 3. The van der Waals surface area contributed by atoms with E-state index in [1.807, 2.05) is 0 Å². The van der Waals surface area contributed by atoms with E-state index in [2.05, 4.69) is 23.9 Å². The third-order valence-corrected chi connectivity index (χ3v) is 4.24. The quantitative estimate of drug-likeness (QED) is 0.748. The summed E-state index contributed by atoms with van der Waals surface area (Å²) in [5.41, 5.74) is 0. The molecule has 98 valence electrons. The van der Waals surface area contributed by atoms with E-state index >= 15 is 0 Å². The molecule has 0 amide bonds. The molecule has 1 saturated carbocycles. The maximum Gasteiger partial charge on any atom is 0.146 e. The van der Waals surface area contributed by atoms with Crippen molar-refractivity contribution in [3.05, 3.63) is 0 Å². The summed E-state index contributed by atoms with van der Waals surface area (Å²) in [6.07, 6.45) is 7.17. The van der Waals surface area contributed by atoms with E-state index in [1.165, 1.54) is 32.2 Å². The van der Waals surface area contributed by atoms with Crippen molar-refractivity contribution in [3.63, 3.8) is 0 Å². The van der Waals surface area contributed by atoms with Gasteiger partial charge in [-0.25, -0.2) is 0 Å². The molecule has 0 aromatic carbocycles. The van der Waals surface area contributed by atoms with Gasteiger partial charge in [-0.1, -0.05) is 0 Å². The van der Waals surface area contributed by atoms with Crippen LogP contribution in [0.15, 0.2) is 0 Å². The monoisotopic (exact) mass is 238 g/mol. The van der Waals surface area contributed by atoms with Gasteiger partial charge >= 0.3 is 0 Å². The molecule has 3 heteroatoms. The van der Waals surface area contributed by atoms with Crippen LogP contribution in [0.5, 0.6) is 0 Å². The Morgan fingerprint density at radius 1 is 1.24 bits per heavy atom. The number of Topliss-reactive ketones (excluding diaryl/α,β-unsaturated/α-hetero) is 1. The van der Waals surface area contributed by atoms with E-state index in [-0.39, 0.29) is 0 Å². The molecule has 2 aliphatic rings. The molecule has 0 radical (unpaired) electrons. The van der Waals surface area contributed by atoms with Crippen LogP contribution < -0.4 is 0 Å². The van der Waals surface area contributed by atoms with Crippen LogP contribution in [-0.4, -0.2) is 55.4 Å². The Labute approximate surface area is 105 Å². The minimum absolute atomic E-state index is 0.451. The third kappa shape index (κ3) is 3.78. The van der Waals surface area contributed by atoms with E-state index in [0.29, 0.717) is 11.8 Å². The molecule has 0 N–H and O–H groups in total. The van der Waals surface area contributed by atoms with Crippen LogP contribution in [0.4, 0.5) is 0 Å². The Bertz CT molecular complexity index is 257. The zero-order valence-corrected chi connectivity index (χ0v) is 11.3. The number of piperidine rings is 1. The number of nitrogens with zero attached hydrogens (tertiary/aromatic N) is 2. The first-order chi connectivity index (χ1) is 8.15. The summed E-state index contributed by atoms with van der Waals surface area (Å²) in [5, 5.41) is 0. The van der Waals surface area contributed by atoms with Gasteiger partial charge in [0.1, 0.15) is 5.78 Å². The molecule has 0 atom stereocenters. The normalized spacial score (nSPS) is 32.1. The van der Waals surface area contributed by atoms with Gasteiger partial charge < -0.3 is 4.90 Å². The van der Waals surface area contributed by atoms with Gasteiger partial charge in [-0.05, 0) is 58.7 Å². The fourth-order valence-electron chi connectivity index (χ4n) is 3.38. The lowest BCUT2D eigenvalue weighted by Crippen LogP contribution is -2.45. The van der Waals surface area contributed by atoms with E-state index in [4.69, 9.17) is 0 Å². The SMILES string of the molecule is CN(C)CC1CCC(N2CCCC(=O)C2)CC1. The lowest BCUT2D eigenvalue weighted by atomic mass is 9.84. The van der Waals surface area contributed by atoms with Gasteiger partial charge in [-0.3, -0.25) is 9.69 Å². The third-order valence-electron chi connectivity index (χ3n) is 4.24. The second-order valence-corrected chi connectivity index (χ2v) is 6.05. The maximum absolute atomic E-state index is 11.5. The molecule has 1 heterocycles. The Balaban J connectivity index is 1.76. The second-order valence-electron chi connectivity index (χ2n) is 6.05. The van der Waals surface area contributed by atoms with Crippen molar-refractivity contribution in [1.29, 1.82) is 0 Å². The maximum atomic E-state index is 11.5. The fourth-order valence-corrected chi connectivity index (χ4v) is 3.38. The summed E-state index contributed by atoms with van der Waals surface area (Å²) in [7, 11) is 4.32. The van der Waals surface area contributed by atoms with Crippen molar-refractivity contribution in [3.8, 4) is 0 Å². The zero-order valence-electron chi connectivity index (χ0n) is 11.3. The van der Waals surface area contributed by atoms with Crippen LogP contribution in [0.2, 0.25) is 0 Å². The van der Waals surface area contributed by atoms with Crippen molar-refractivity contribution in [1.82, 2.24) is 9.80 Å². The first kappa shape index (κ1) is 13.0. The van der Waals surface area contributed by atoms with Crippen LogP contribution in [0, 0.1) is 5.92 Å². The molecule has 0 spiro atoms. The Morgan fingerprint density at radius 3 is 2.53 bits per heavy atom. The molecule has 3 nitrogen and oxygen atoms in total. The highest BCUT2D eigenvalue weighted by Crippen LogP contribution is 2.29. The van der Waals surface area contributed by atoms with Crippen molar-refractivity contribution in [2.24, 2.45) is 5.92 Å². The highest BCUT2D eigenvalue weighted by Gasteiger charge is 2.28. The molecule has 2 fully saturated rings. The van der Waals surface area contributed by atoms with Crippen molar-refractivity contribution >= 4 is 5.78 Å². The summed E-state index contributed by atoms with van der Waals surface area (Å²) >= 11 is 0. The van der Waals surface area contributed by atoms with Crippen LogP contribution in [0.3, 0.4) is 0 Å². The van der Waals surface area contributed by atoms with Gasteiger partial charge in [0, 0.05) is 19.0 Å². The Hall–Kier alpha value is -0.410. The number of carbonyl (C=O) groups excluding carboxylic acids is 1. The highest BCUT2D eigenvalue weighted by molar-refractivity contribution is 5.81. The predicted octanol–water partition coefficient (Wildman–Crippen LogP) is 1.77. The summed E-state index contributed by atoms with van der Waals surface area (Å²) in [5.74, 6) is 1.33. The summed E-state index contributed by atoms with van der Waals surface area (Å²) in [6.45, 7) is 3.10. The molecule has 2 rings (SSSR count). The Morgan fingerprint density at radius 2 is 1.94 bits per heavy atom. The molecule has 0 unspecified atom stereocenters. The lowest BCUT2D eigenvalue weighted by molar-refractivity contribution is -0.123. The summed E-state index contributed by atoms with van der Waals surface area (Å²) in [6, 6.07) is 0.692. The van der Waals surface area contributed by atoms with Gasteiger partial charge in [0.25, 0.3) is 0 Å². The van der Waals surface area contributed by atoms with Gasteiger partial charge in [0.05, 0.1) is 6.54 Å². The molecule has 1 saturated heterocycles. The molecule has 0 aromatic heterocycles. The highest BCUT2D eigenvalue weighted by atomic mass is 16.1. The average molecular weight is 238 g/mol. The second kappa shape index (κ2) is 5.96. The Kier molecular flexibility index (Phi) is 4.57.